The van der Waals surface area contributed by atoms with Gasteiger partial charge in [-0.15, -0.1) is 0 Å². The van der Waals surface area contributed by atoms with Crippen molar-refractivity contribution in [3.05, 3.63) is 0 Å². The summed E-state index contributed by atoms with van der Waals surface area (Å²) in [4.78, 5) is 12.5. The van der Waals surface area contributed by atoms with E-state index in [1.807, 2.05) is 0 Å². The molecule has 3 unspecified atom stereocenters. The van der Waals surface area contributed by atoms with Crippen molar-refractivity contribution in [2.75, 3.05) is 13.1 Å². The molecule has 1 saturated heterocycles. The summed E-state index contributed by atoms with van der Waals surface area (Å²) in [5.74, 6) is 0.191. The van der Waals surface area contributed by atoms with Crippen molar-refractivity contribution < 1.29 is 9.90 Å². The molecule has 0 radical (unpaired) electrons. The van der Waals surface area contributed by atoms with Crippen LogP contribution < -0.4 is 10.6 Å². The molecule has 104 valence electrons. The van der Waals surface area contributed by atoms with E-state index in [2.05, 4.69) is 17.6 Å². The first-order valence-corrected chi connectivity index (χ1v) is 7.36. The van der Waals surface area contributed by atoms with E-state index in [1.165, 1.54) is 0 Å². The molecule has 2 fully saturated rings. The Morgan fingerprint density at radius 2 is 2.28 bits per heavy atom. The van der Waals surface area contributed by atoms with E-state index in [0.717, 1.165) is 58.0 Å². The van der Waals surface area contributed by atoms with Crippen LogP contribution >= 0.6 is 0 Å². The summed E-state index contributed by atoms with van der Waals surface area (Å²) in [6.07, 6.45) is 6.35. The van der Waals surface area contributed by atoms with Gasteiger partial charge in [0, 0.05) is 12.6 Å². The van der Waals surface area contributed by atoms with E-state index in [1.54, 1.807) is 0 Å². The maximum Gasteiger partial charge on any atom is 0.227 e. The molecule has 1 heterocycles. The van der Waals surface area contributed by atoms with Crippen molar-refractivity contribution in [2.45, 2.75) is 64.0 Å². The van der Waals surface area contributed by atoms with E-state index >= 15 is 0 Å². The number of piperidine rings is 1. The van der Waals surface area contributed by atoms with Crippen molar-refractivity contribution in [1.29, 1.82) is 0 Å². The molecule has 3 N–H and O–H groups in total. The molecule has 18 heavy (non-hydrogen) atoms. The van der Waals surface area contributed by atoms with Gasteiger partial charge in [-0.25, -0.2) is 0 Å². The third-order valence-corrected chi connectivity index (χ3v) is 4.61. The molecule has 4 heteroatoms. The van der Waals surface area contributed by atoms with E-state index in [-0.39, 0.29) is 23.5 Å². The van der Waals surface area contributed by atoms with Crippen LogP contribution in [0.25, 0.3) is 0 Å². The summed E-state index contributed by atoms with van der Waals surface area (Å²) in [6.45, 7) is 3.92. The highest BCUT2D eigenvalue weighted by atomic mass is 16.3. The second-order valence-corrected chi connectivity index (χ2v) is 5.91. The number of rotatable bonds is 3. The van der Waals surface area contributed by atoms with Crippen molar-refractivity contribution in [3.8, 4) is 0 Å². The molecule has 0 aromatic heterocycles. The van der Waals surface area contributed by atoms with Gasteiger partial charge in [0.15, 0.2) is 0 Å². The Labute approximate surface area is 110 Å². The van der Waals surface area contributed by atoms with Gasteiger partial charge in [0.2, 0.25) is 5.91 Å². The number of amides is 1. The van der Waals surface area contributed by atoms with E-state index < -0.39 is 0 Å². The molecule has 4 nitrogen and oxygen atoms in total. The molecule has 1 amide bonds. The molecular formula is C14H26N2O2. The Balaban J connectivity index is 1.92. The summed E-state index contributed by atoms with van der Waals surface area (Å²) >= 11 is 0. The number of hydrogen-bond acceptors (Lipinski definition) is 3. The van der Waals surface area contributed by atoms with Crippen LogP contribution in [-0.2, 0) is 4.79 Å². The second kappa shape index (κ2) is 6.02. The third kappa shape index (κ3) is 3.04. The van der Waals surface area contributed by atoms with Crippen LogP contribution in [0.1, 0.15) is 51.9 Å². The van der Waals surface area contributed by atoms with Gasteiger partial charge in [0.25, 0.3) is 0 Å². The summed E-state index contributed by atoms with van der Waals surface area (Å²) in [5, 5.41) is 16.2. The lowest BCUT2D eigenvalue weighted by atomic mass is 9.77. The summed E-state index contributed by atoms with van der Waals surface area (Å²) < 4.78 is 0. The average Bonchev–Trinajstić information content (AvgIpc) is 2.39. The number of nitrogens with one attached hydrogen (secondary N) is 2. The maximum atomic E-state index is 12.5. The van der Waals surface area contributed by atoms with Crippen LogP contribution in [0, 0.1) is 5.41 Å². The Kier molecular flexibility index (Phi) is 4.62. The zero-order chi connectivity index (χ0) is 13.0. The van der Waals surface area contributed by atoms with Gasteiger partial charge in [-0.3, -0.25) is 4.79 Å². The fourth-order valence-electron chi connectivity index (χ4n) is 3.26. The second-order valence-electron chi connectivity index (χ2n) is 5.91. The molecule has 2 rings (SSSR count). The minimum absolute atomic E-state index is 0.173. The monoisotopic (exact) mass is 254 g/mol. The zero-order valence-corrected chi connectivity index (χ0v) is 11.4. The lowest BCUT2D eigenvalue weighted by Crippen LogP contribution is -2.53. The highest BCUT2D eigenvalue weighted by Crippen LogP contribution is 2.31. The van der Waals surface area contributed by atoms with E-state index in [4.69, 9.17) is 0 Å². The average molecular weight is 254 g/mol. The molecule has 3 atom stereocenters. The fourth-order valence-corrected chi connectivity index (χ4v) is 3.26. The first-order chi connectivity index (χ1) is 8.66. The minimum Gasteiger partial charge on any atom is -0.393 e. The highest BCUT2D eigenvalue weighted by Gasteiger charge is 2.38. The molecule has 1 saturated carbocycles. The fraction of sp³-hybridized carbons (Fsp3) is 0.929. The normalized spacial score (nSPS) is 37.2. The SMILES string of the molecule is CCC1(C(=O)NC2CCCC(O)C2)CCCNC1. The van der Waals surface area contributed by atoms with E-state index in [9.17, 15) is 9.90 Å². The van der Waals surface area contributed by atoms with Gasteiger partial charge in [-0.05, 0) is 51.5 Å². The first-order valence-electron chi connectivity index (χ1n) is 7.36. The molecule has 1 aliphatic carbocycles. The largest absolute Gasteiger partial charge is 0.393 e. The number of carbonyl (C=O) groups excluding carboxylic acids is 1. The Morgan fingerprint density at radius 3 is 2.89 bits per heavy atom. The summed E-state index contributed by atoms with van der Waals surface area (Å²) in [7, 11) is 0. The van der Waals surface area contributed by atoms with Crippen molar-refractivity contribution in [1.82, 2.24) is 10.6 Å². The maximum absolute atomic E-state index is 12.5. The van der Waals surface area contributed by atoms with Gasteiger partial charge < -0.3 is 15.7 Å². The molecule has 0 aromatic carbocycles. The number of hydrogen-bond donors (Lipinski definition) is 3. The smallest absolute Gasteiger partial charge is 0.227 e. The van der Waals surface area contributed by atoms with Crippen LogP contribution in [0.5, 0.6) is 0 Å². The highest BCUT2D eigenvalue weighted by molar-refractivity contribution is 5.83. The molecule has 2 aliphatic rings. The predicted molar refractivity (Wildman–Crippen MR) is 71.2 cm³/mol. The summed E-state index contributed by atoms with van der Waals surface area (Å²) in [5.41, 5.74) is -0.222. The predicted octanol–water partition coefficient (Wildman–Crippen LogP) is 1.19. The van der Waals surface area contributed by atoms with Gasteiger partial charge in [-0.1, -0.05) is 6.92 Å². The zero-order valence-electron chi connectivity index (χ0n) is 11.4. The standard InChI is InChI=1S/C14H26N2O2/c1-2-14(7-4-8-15-10-14)13(18)16-11-5-3-6-12(17)9-11/h11-12,15,17H,2-10H2,1H3,(H,16,18). The number of aliphatic hydroxyl groups is 1. The van der Waals surface area contributed by atoms with Gasteiger partial charge in [-0.2, -0.15) is 0 Å². The van der Waals surface area contributed by atoms with Gasteiger partial charge >= 0.3 is 0 Å². The number of aliphatic hydroxyl groups excluding tert-OH is 1. The van der Waals surface area contributed by atoms with Crippen LogP contribution in [0.15, 0.2) is 0 Å². The Bertz CT molecular complexity index is 288. The molecule has 0 spiro atoms. The summed E-state index contributed by atoms with van der Waals surface area (Å²) in [6, 6.07) is 0.173. The van der Waals surface area contributed by atoms with Crippen LogP contribution in [0.4, 0.5) is 0 Å². The molecular weight excluding hydrogens is 228 g/mol. The molecule has 1 aliphatic heterocycles. The van der Waals surface area contributed by atoms with Crippen molar-refractivity contribution in [3.63, 3.8) is 0 Å². The van der Waals surface area contributed by atoms with Crippen molar-refractivity contribution in [2.24, 2.45) is 5.41 Å². The van der Waals surface area contributed by atoms with Gasteiger partial charge in [0.05, 0.1) is 11.5 Å². The van der Waals surface area contributed by atoms with E-state index in [0.29, 0.717) is 0 Å². The Hall–Kier alpha value is -0.610. The van der Waals surface area contributed by atoms with Gasteiger partial charge in [0.1, 0.15) is 0 Å². The Morgan fingerprint density at radius 1 is 1.44 bits per heavy atom. The lowest BCUT2D eigenvalue weighted by molar-refractivity contribution is -0.133. The van der Waals surface area contributed by atoms with Crippen molar-refractivity contribution >= 4 is 5.91 Å². The third-order valence-electron chi connectivity index (χ3n) is 4.61. The molecule has 0 aromatic rings. The first kappa shape index (κ1) is 13.8. The molecule has 0 bridgehead atoms. The lowest BCUT2D eigenvalue weighted by Gasteiger charge is -2.37. The van der Waals surface area contributed by atoms with Crippen LogP contribution in [0.3, 0.4) is 0 Å². The topological polar surface area (TPSA) is 61.4 Å². The van der Waals surface area contributed by atoms with Crippen LogP contribution in [-0.4, -0.2) is 36.2 Å². The van der Waals surface area contributed by atoms with Crippen LogP contribution in [0.2, 0.25) is 0 Å². The quantitative estimate of drug-likeness (QED) is 0.709. The number of carbonyl (C=O) groups is 1. The minimum atomic E-state index is -0.230.